The van der Waals surface area contributed by atoms with E-state index in [0.29, 0.717) is 19.3 Å². The molecule has 0 saturated heterocycles. The van der Waals surface area contributed by atoms with Crippen molar-refractivity contribution in [2.45, 2.75) is 70.7 Å². The van der Waals surface area contributed by atoms with E-state index in [9.17, 15) is 19.8 Å². The van der Waals surface area contributed by atoms with E-state index in [1.54, 1.807) is 6.08 Å². The molecule has 0 aromatic rings. The fourth-order valence-electron chi connectivity index (χ4n) is 2.57. The van der Waals surface area contributed by atoms with Crippen LogP contribution in [0, 0.1) is 5.92 Å². The summed E-state index contributed by atoms with van der Waals surface area (Å²) < 4.78 is 10.3. The second-order valence-electron chi connectivity index (χ2n) is 5.94. The van der Waals surface area contributed by atoms with E-state index in [4.69, 9.17) is 9.47 Å². The summed E-state index contributed by atoms with van der Waals surface area (Å²) in [5.74, 6) is -1.33. The summed E-state index contributed by atoms with van der Waals surface area (Å²) in [5, 5.41) is 19.5. The third kappa shape index (κ3) is 7.14. The van der Waals surface area contributed by atoms with Crippen molar-refractivity contribution < 1.29 is 29.3 Å². The largest absolute Gasteiger partial charge is 0.463 e. The number of hydrogen-bond donors (Lipinski definition) is 2. The molecule has 0 bridgehead atoms. The predicted octanol–water partition coefficient (Wildman–Crippen LogP) is 1.73. The Hall–Kier alpha value is -1.40. The van der Waals surface area contributed by atoms with Gasteiger partial charge in [0.25, 0.3) is 0 Å². The molecule has 0 radical (unpaired) electrons. The first-order valence-corrected chi connectivity index (χ1v) is 8.37. The monoisotopic (exact) mass is 328 g/mol. The number of carbonyl (C=O) groups excluding carboxylic acids is 2. The fraction of sp³-hybridized carbons (Fsp3) is 0.765. The maximum absolute atomic E-state index is 12.0. The van der Waals surface area contributed by atoms with Crippen LogP contribution in [0.3, 0.4) is 0 Å². The lowest BCUT2D eigenvalue weighted by Crippen LogP contribution is -2.40. The molecule has 0 spiro atoms. The van der Waals surface area contributed by atoms with Crippen molar-refractivity contribution in [1.82, 2.24) is 0 Å². The number of esters is 2. The van der Waals surface area contributed by atoms with E-state index in [1.807, 2.05) is 13.8 Å². The van der Waals surface area contributed by atoms with Gasteiger partial charge in [0, 0.05) is 12.5 Å². The first-order chi connectivity index (χ1) is 11.0. The van der Waals surface area contributed by atoms with Crippen LogP contribution in [-0.2, 0) is 19.1 Å². The van der Waals surface area contributed by atoms with Gasteiger partial charge in [-0.25, -0.2) is 4.79 Å². The van der Waals surface area contributed by atoms with E-state index < -0.39 is 36.2 Å². The van der Waals surface area contributed by atoms with E-state index >= 15 is 0 Å². The number of aliphatic hydroxyl groups excluding tert-OH is 2. The van der Waals surface area contributed by atoms with E-state index in [1.165, 1.54) is 6.08 Å². The summed E-state index contributed by atoms with van der Waals surface area (Å²) in [7, 11) is 0. The van der Waals surface area contributed by atoms with E-state index in [0.717, 1.165) is 12.8 Å². The minimum atomic E-state index is -0.760. The summed E-state index contributed by atoms with van der Waals surface area (Å²) in [6, 6.07) is 0. The Bertz CT molecular complexity index is 406. The van der Waals surface area contributed by atoms with E-state index in [2.05, 4.69) is 0 Å². The average Bonchev–Trinajstić information content (AvgIpc) is 2.53. The van der Waals surface area contributed by atoms with Gasteiger partial charge in [-0.2, -0.15) is 0 Å². The molecule has 132 valence electrons. The van der Waals surface area contributed by atoms with Crippen molar-refractivity contribution in [2.75, 3.05) is 6.61 Å². The lowest BCUT2D eigenvalue weighted by atomic mass is 9.85. The number of carbonyl (C=O) groups is 2. The van der Waals surface area contributed by atoms with Crippen LogP contribution >= 0.6 is 0 Å². The first-order valence-electron chi connectivity index (χ1n) is 8.37. The maximum atomic E-state index is 12.0. The van der Waals surface area contributed by atoms with Crippen LogP contribution in [0.25, 0.3) is 0 Å². The van der Waals surface area contributed by atoms with Crippen LogP contribution in [0.5, 0.6) is 0 Å². The molecule has 6 heteroatoms. The molecular formula is C17H28O6. The highest BCUT2D eigenvalue weighted by molar-refractivity contribution is 5.82. The Kier molecular flexibility index (Phi) is 8.87. The first kappa shape index (κ1) is 19.6. The van der Waals surface area contributed by atoms with Crippen molar-refractivity contribution in [3.63, 3.8) is 0 Å². The third-order valence-electron chi connectivity index (χ3n) is 3.89. The lowest BCUT2D eigenvalue weighted by Gasteiger charge is -2.31. The minimum absolute atomic E-state index is 0.0184. The molecule has 4 atom stereocenters. The number of hydrogen-bond acceptors (Lipinski definition) is 6. The molecule has 0 aromatic carbocycles. The zero-order valence-corrected chi connectivity index (χ0v) is 13.9. The van der Waals surface area contributed by atoms with Crippen LogP contribution in [0.2, 0.25) is 0 Å². The highest BCUT2D eigenvalue weighted by Gasteiger charge is 2.36. The molecule has 6 nitrogen and oxygen atoms in total. The van der Waals surface area contributed by atoms with Gasteiger partial charge >= 0.3 is 11.9 Å². The van der Waals surface area contributed by atoms with Crippen molar-refractivity contribution >= 4 is 11.9 Å². The summed E-state index contributed by atoms with van der Waals surface area (Å²) in [5.41, 5.74) is 0. The van der Waals surface area contributed by atoms with Crippen molar-refractivity contribution in [3.8, 4) is 0 Å². The summed E-state index contributed by atoms with van der Waals surface area (Å²) in [4.78, 5) is 23.7. The molecule has 1 saturated carbocycles. The summed E-state index contributed by atoms with van der Waals surface area (Å²) in [6.07, 6.45) is 4.14. The lowest BCUT2D eigenvalue weighted by molar-refractivity contribution is -0.163. The molecule has 2 N–H and O–H groups in total. The van der Waals surface area contributed by atoms with Gasteiger partial charge in [-0.15, -0.1) is 0 Å². The van der Waals surface area contributed by atoms with Crippen LogP contribution in [0.4, 0.5) is 0 Å². The van der Waals surface area contributed by atoms with Crippen molar-refractivity contribution in [3.05, 3.63) is 12.2 Å². The SMILES string of the molecule is CC/C=C/C(=O)O[C@@H]1CC(C(=O)OCC(O)CCC)CC[C@H]1O. The third-order valence-corrected chi connectivity index (χ3v) is 3.89. The maximum Gasteiger partial charge on any atom is 0.330 e. The molecule has 1 aliphatic carbocycles. The molecule has 23 heavy (non-hydrogen) atoms. The smallest absolute Gasteiger partial charge is 0.330 e. The predicted molar refractivity (Wildman–Crippen MR) is 84.5 cm³/mol. The van der Waals surface area contributed by atoms with Gasteiger partial charge in [-0.05, 0) is 25.7 Å². The Morgan fingerprint density at radius 1 is 1.30 bits per heavy atom. The summed E-state index contributed by atoms with van der Waals surface area (Å²) in [6.45, 7) is 3.83. The van der Waals surface area contributed by atoms with Crippen LogP contribution in [0.1, 0.15) is 52.4 Å². The topological polar surface area (TPSA) is 93.1 Å². The molecule has 1 rings (SSSR count). The molecule has 1 fully saturated rings. The number of ether oxygens (including phenoxy) is 2. The van der Waals surface area contributed by atoms with Gasteiger partial charge in [-0.3, -0.25) is 4.79 Å². The second-order valence-corrected chi connectivity index (χ2v) is 5.94. The van der Waals surface area contributed by atoms with Gasteiger partial charge < -0.3 is 19.7 Å². The molecule has 2 unspecified atom stereocenters. The van der Waals surface area contributed by atoms with Gasteiger partial charge in [0.1, 0.15) is 12.7 Å². The van der Waals surface area contributed by atoms with Crippen molar-refractivity contribution in [2.24, 2.45) is 5.92 Å². The van der Waals surface area contributed by atoms with Gasteiger partial charge in [0.05, 0.1) is 18.1 Å². The van der Waals surface area contributed by atoms with E-state index in [-0.39, 0.29) is 13.0 Å². The minimum Gasteiger partial charge on any atom is -0.463 e. The van der Waals surface area contributed by atoms with Gasteiger partial charge in [0.2, 0.25) is 0 Å². The molecule has 0 amide bonds. The normalized spacial score (nSPS) is 26.0. The van der Waals surface area contributed by atoms with Crippen molar-refractivity contribution in [1.29, 1.82) is 0 Å². The Labute approximate surface area is 137 Å². The standard InChI is InChI=1S/C17H28O6/c1-3-5-7-16(20)23-15-10-12(8-9-14(15)19)17(21)22-11-13(18)6-4-2/h5,7,12-15,18-19H,3-4,6,8-11H2,1-2H3/b7-5+/t12?,13?,14-,15-/m1/s1. The van der Waals surface area contributed by atoms with Gasteiger partial charge in [-0.1, -0.05) is 26.3 Å². The quantitative estimate of drug-likeness (QED) is 0.521. The number of rotatable bonds is 8. The van der Waals surface area contributed by atoms with Gasteiger partial charge in [0.15, 0.2) is 0 Å². The molecular weight excluding hydrogens is 300 g/mol. The van der Waals surface area contributed by atoms with Crippen LogP contribution < -0.4 is 0 Å². The summed E-state index contributed by atoms with van der Waals surface area (Å²) >= 11 is 0. The zero-order valence-electron chi connectivity index (χ0n) is 13.9. The number of allylic oxidation sites excluding steroid dienone is 1. The fourth-order valence-corrected chi connectivity index (χ4v) is 2.57. The Balaban J connectivity index is 2.47. The molecule has 0 aromatic heterocycles. The average molecular weight is 328 g/mol. The van der Waals surface area contributed by atoms with Crippen LogP contribution in [0.15, 0.2) is 12.2 Å². The Morgan fingerprint density at radius 2 is 2.04 bits per heavy atom. The molecule has 0 heterocycles. The molecule has 1 aliphatic rings. The molecule has 0 aliphatic heterocycles. The highest BCUT2D eigenvalue weighted by Crippen LogP contribution is 2.28. The second kappa shape index (κ2) is 10.4. The van der Waals surface area contributed by atoms with Crippen LogP contribution in [-0.4, -0.2) is 47.1 Å². The highest BCUT2D eigenvalue weighted by atomic mass is 16.6. The Morgan fingerprint density at radius 3 is 2.70 bits per heavy atom. The number of aliphatic hydroxyl groups is 2. The zero-order chi connectivity index (χ0) is 17.2.